The molecule has 0 aliphatic carbocycles. The number of halogens is 1. The molecule has 0 aromatic carbocycles. The average molecular weight is 172 g/mol. The van der Waals surface area contributed by atoms with Crippen molar-refractivity contribution in [3.63, 3.8) is 0 Å². The average Bonchev–Trinajstić information content (AvgIpc) is 1.94. The Balaban J connectivity index is 3.24. The number of H-pyrrole nitrogens is 1. The third-order valence-corrected chi connectivity index (χ3v) is 1.74. The normalized spacial score (nSPS) is 10.5. The van der Waals surface area contributed by atoms with E-state index >= 15 is 0 Å². The first-order chi connectivity index (χ1) is 5.11. The van der Waals surface area contributed by atoms with Gasteiger partial charge in [-0.05, 0) is 12.0 Å². The maximum atomic E-state index is 11.1. The molecule has 0 saturated carbocycles. The molecule has 0 spiro atoms. The minimum Gasteiger partial charge on any atom is -0.327 e. The number of nitrogens with one attached hydrogen (secondary N) is 1. The molecule has 0 saturated heterocycles. The van der Waals surface area contributed by atoms with E-state index in [1.807, 2.05) is 13.8 Å². The van der Waals surface area contributed by atoms with Crippen molar-refractivity contribution in [1.29, 1.82) is 0 Å². The van der Waals surface area contributed by atoms with Gasteiger partial charge in [0.15, 0.2) is 0 Å². The van der Waals surface area contributed by atoms with Gasteiger partial charge in [0.05, 0.1) is 5.02 Å². The smallest absolute Gasteiger partial charge is 0.251 e. The van der Waals surface area contributed by atoms with Gasteiger partial charge in [0.2, 0.25) is 0 Å². The SMILES string of the molecule is CC(C)c1cc(Cl)c[nH]c1=O. The van der Waals surface area contributed by atoms with Crippen LogP contribution in [0.5, 0.6) is 0 Å². The summed E-state index contributed by atoms with van der Waals surface area (Å²) in [5.74, 6) is 0.220. The summed E-state index contributed by atoms with van der Waals surface area (Å²) in [6, 6.07) is 1.70. The fraction of sp³-hybridized carbons (Fsp3) is 0.375. The molecule has 1 heterocycles. The summed E-state index contributed by atoms with van der Waals surface area (Å²) in [6.45, 7) is 3.92. The molecule has 0 amide bonds. The summed E-state index contributed by atoms with van der Waals surface area (Å²) in [5, 5.41) is 0.577. The van der Waals surface area contributed by atoms with Crippen LogP contribution in [0.2, 0.25) is 5.02 Å². The Morgan fingerprint density at radius 3 is 2.64 bits per heavy atom. The molecule has 0 aliphatic rings. The Hall–Kier alpha value is -0.760. The van der Waals surface area contributed by atoms with Gasteiger partial charge in [-0.2, -0.15) is 0 Å². The van der Waals surface area contributed by atoms with Crippen LogP contribution in [0, 0.1) is 0 Å². The van der Waals surface area contributed by atoms with Crippen molar-refractivity contribution < 1.29 is 0 Å². The van der Waals surface area contributed by atoms with E-state index in [9.17, 15) is 4.79 Å². The number of hydrogen-bond donors (Lipinski definition) is 1. The van der Waals surface area contributed by atoms with Gasteiger partial charge in [-0.15, -0.1) is 0 Å². The topological polar surface area (TPSA) is 32.9 Å². The van der Waals surface area contributed by atoms with Crippen molar-refractivity contribution in [2.24, 2.45) is 0 Å². The summed E-state index contributed by atoms with van der Waals surface area (Å²) >= 11 is 5.69. The molecule has 0 atom stereocenters. The Morgan fingerprint density at radius 1 is 1.55 bits per heavy atom. The van der Waals surface area contributed by atoms with Gasteiger partial charge in [0.1, 0.15) is 0 Å². The molecule has 1 N–H and O–H groups in total. The molecule has 1 rings (SSSR count). The number of pyridine rings is 1. The molecular formula is C8H10ClNO. The van der Waals surface area contributed by atoms with Gasteiger partial charge in [-0.25, -0.2) is 0 Å². The fourth-order valence-corrected chi connectivity index (χ4v) is 1.07. The van der Waals surface area contributed by atoms with Crippen molar-refractivity contribution in [1.82, 2.24) is 4.98 Å². The highest BCUT2D eigenvalue weighted by Gasteiger charge is 2.03. The highest BCUT2D eigenvalue weighted by Crippen LogP contribution is 2.12. The summed E-state index contributed by atoms with van der Waals surface area (Å²) in [5.41, 5.74) is 0.682. The molecule has 11 heavy (non-hydrogen) atoms. The van der Waals surface area contributed by atoms with Crippen molar-refractivity contribution in [2.45, 2.75) is 19.8 Å². The first kappa shape index (κ1) is 8.34. The van der Waals surface area contributed by atoms with E-state index in [4.69, 9.17) is 11.6 Å². The maximum Gasteiger partial charge on any atom is 0.251 e. The number of aromatic nitrogens is 1. The Morgan fingerprint density at radius 2 is 2.18 bits per heavy atom. The summed E-state index contributed by atoms with van der Waals surface area (Å²) in [7, 11) is 0. The predicted octanol–water partition coefficient (Wildman–Crippen LogP) is 2.15. The Kier molecular flexibility index (Phi) is 2.35. The van der Waals surface area contributed by atoms with Gasteiger partial charge >= 0.3 is 0 Å². The van der Waals surface area contributed by atoms with E-state index in [-0.39, 0.29) is 11.5 Å². The molecular weight excluding hydrogens is 162 g/mol. The van der Waals surface area contributed by atoms with Crippen LogP contribution in [0.15, 0.2) is 17.1 Å². The van der Waals surface area contributed by atoms with Crippen molar-refractivity contribution in [3.05, 3.63) is 33.2 Å². The lowest BCUT2D eigenvalue weighted by molar-refractivity contribution is 0.844. The second-order valence-electron chi connectivity index (χ2n) is 2.76. The summed E-state index contributed by atoms with van der Waals surface area (Å²) in [6.07, 6.45) is 1.50. The minimum atomic E-state index is -0.0515. The van der Waals surface area contributed by atoms with Crippen LogP contribution < -0.4 is 5.56 Å². The minimum absolute atomic E-state index is 0.0515. The van der Waals surface area contributed by atoms with E-state index in [1.54, 1.807) is 6.07 Å². The lowest BCUT2D eigenvalue weighted by atomic mass is 10.1. The molecule has 0 aliphatic heterocycles. The molecule has 3 heteroatoms. The largest absolute Gasteiger partial charge is 0.327 e. The van der Waals surface area contributed by atoms with Gasteiger partial charge in [0, 0.05) is 11.8 Å². The third kappa shape index (κ3) is 1.84. The van der Waals surface area contributed by atoms with E-state index in [1.165, 1.54) is 6.20 Å². The van der Waals surface area contributed by atoms with Crippen molar-refractivity contribution in [3.8, 4) is 0 Å². The second kappa shape index (κ2) is 3.09. The summed E-state index contributed by atoms with van der Waals surface area (Å²) in [4.78, 5) is 13.7. The lowest BCUT2D eigenvalue weighted by Gasteiger charge is -2.02. The first-order valence-corrected chi connectivity index (χ1v) is 3.87. The molecule has 60 valence electrons. The Labute approximate surface area is 70.2 Å². The van der Waals surface area contributed by atoms with E-state index in [2.05, 4.69) is 4.98 Å². The first-order valence-electron chi connectivity index (χ1n) is 3.49. The van der Waals surface area contributed by atoms with Gasteiger partial charge in [0.25, 0.3) is 5.56 Å². The van der Waals surface area contributed by atoms with Crippen LogP contribution in [0.1, 0.15) is 25.3 Å². The van der Waals surface area contributed by atoms with Gasteiger partial charge in [-0.1, -0.05) is 25.4 Å². The standard InChI is InChI=1S/C8H10ClNO/c1-5(2)7-3-6(9)4-10-8(7)11/h3-5H,1-2H3,(H,10,11). The van der Waals surface area contributed by atoms with Crippen molar-refractivity contribution >= 4 is 11.6 Å². The zero-order valence-electron chi connectivity index (χ0n) is 6.52. The second-order valence-corrected chi connectivity index (χ2v) is 3.19. The monoisotopic (exact) mass is 171 g/mol. The van der Waals surface area contributed by atoms with Crippen LogP contribution >= 0.6 is 11.6 Å². The third-order valence-electron chi connectivity index (χ3n) is 1.52. The van der Waals surface area contributed by atoms with E-state index in [0.717, 1.165) is 5.56 Å². The fourth-order valence-electron chi connectivity index (χ4n) is 0.902. The lowest BCUT2D eigenvalue weighted by Crippen LogP contribution is -2.12. The van der Waals surface area contributed by atoms with Crippen LogP contribution in [0.25, 0.3) is 0 Å². The Bertz CT molecular complexity index is 303. The van der Waals surface area contributed by atoms with Crippen LogP contribution in [0.4, 0.5) is 0 Å². The molecule has 1 aromatic rings. The van der Waals surface area contributed by atoms with Crippen LogP contribution in [-0.4, -0.2) is 4.98 Å². The predicted molar refractivity (Wildman–Crippen MR) is 46.2 cm³/mol. The number of aromatic amines is 1. The summed E-state index contributed by atoms with van der Waals surface area (Å²) < 4.78 is 0. The highest BCUT2D eigenvalue weighted by molar-refractivity contribution is 6.30. The van der Waals surface area contributed by atoms with E-state index < -0.39 is 0 Å². The zero-order valence-corrected chi connectivity index (χ0v) is 7.27. The van der Waals surface area contributed by atoms with Gasteiger partial charge < -0.3 is 4.98 Å². The molecule has 2 nitrogen and oxygen atoms in total. The van der Waals surface area contributed by atoms with Crippen LogP contribution in [0.3, 0.4) is 0 Å². The quantitative estimate of drug-likeness (QED) is 0.690. The van der Waals surface area contributed by atoms with Crippen molar-refractivity contribution in [2.75, 3.05) is 0 Å². The maximum absolute atomic E-state index is 11.1. The molecule has 1 aromatic heterocycles. The van der Waals surface area contributed by atoms with Gasteiger partial charge in [-0.3, -0.25) is 4.79 Å². The molecule has 0 radical (unpaired) electrons. The van der Waals surface area contributed by atoms with E-state index in [0.29, 0.717) is 5.02 Å². The molecule has 0 unspecified atom stereocenters. The zero-order chi connectivity index (χ0) is 8.43. The molecule has 0 bridgehead atoms. The molecule has 0 fully saturated rings. The highest BCUT2D eigenvalue weighted by atomic mass is 35.5. The number of hydrogen-bond acceptors (Lipinski definition) is 1. The number of rotatable bonds is 1. The van der Waals surface area contributed by atoms with Crippen LogP contribution in [-0.2, 0) is 0 Å².